The van der Waals surface area contributed by atoms with Gasteiger partial charge < -0.3 is 19.6 Å². The van der Waals surface area contributed by atoms with Crippen LogP contribution < -0.4 is 4.74 Å². The van der Waals surface area contributed by atoms with Crippen molar-refractivity contribution < 1.29 is 14.6 Å². The molecule has 0 bridgehead atoms. The molecule has 27 heavy (non-hydrogen) atoms. The van der Waals surface area contributed by atoms with Crippen LogP contribution in [0.3, 0.4) is 0 Å². The van der Waals surface area contributed by atoms with Crippen molar-refractivity contribution in [1.82, 2.24) is 9.80 Å². The van der Waals surface area contributed by atoms with Gasteiger partial charge in [0.2, 0.25) is 0 Å². The molecule has 1 atom stereocenters. The number of halogens is 1. The maximum Gasteiger partial charge on any atom is 0.415 e. The van der Waals surface area contributed by atoms with E-state index in [1.54, 1.807) is 0 Å². The molecule has 1 fully saturated rings. The SMILES string of the molecule is CN1CCc2cc(Cl)c(OC(=O)N3CC(O)C3)cc2[C@H](c2ccccc2)C1. The second kappa shape index (κ2) is 7.50. The number of carbonyl (C=O) groups is 1. The van der Waals surface area contributed by atoms with Crippen molar-refractivity contribution >= 4 is 17.7 Å². The van der Waals surface area contributed by atoms with Crippen molar-refractivity contribution in [2.45, 2.75) is 18.4 Å². The first kappa shape index (κ1) is 18.3. The Labute approximate surface area is 164 Å². The van der Waals surface area contributed by atoms with E-state index in [-0.39, 0.29) is 5.92 Å². The van der Waals surface area contributed by atoms with E-state index < -0.39 is 12.2 Å². The van der Waals surface area contributed by atoms with Crippen LogP contribution in [0.25, 0.3) is 0 Å². The average molecular weight is 387 g/mol. The molecule has 2 aliphatic heterocycles. The van der Waals surface area contributed by atoms with Gasteiger partial charge in [0.05, 0.1) is 24.2 Å². The molecule has 6 heteroatoms. The predicted molar refractivity (Wildman–Crippen MR) is 105 cm³/mol. The molecule has 2 aromatic rings. The molecule has 142 valence electrons. The van der Waals surface area contributed by atoms with Gasteiger partial charge in [0, 0.05) is 19.0 Å². The highest BCUT2D eigenvalue weighted by Crippen LogP contribution is 2.37. The monoisotopic (exact) mass is 386 g/mol. The number of aliphatic hydroxyl groups is 1. The summed E-state index contributed by atoms with van der Waals surface area (Å²) in [4.78, 5) is 16.0. The van der Waals surface area contributed by atoms with Crippen LogP contribution in [0.5, 0.6) is 5.75 Å². The van der Waals surface area contributed by atoms with Crippen molar-refractivity contribution in [2.24, 2.45) is 0 Å². The first-order valence-electron chi connectivity index (χ1n) is 9.22. The van der Waals surface area contributed by atoms with Crippen molar-refractivity contribution in [3.63, 3.8) is 0 Å². The minimum Gasteiger partial charge on any atom is -0.409 e. The van der Waals surface area contributed by atoms with E-state index in [1.807, 2.05) is 30.3 Å². The molecule has 2 aromatic carbocycles. The van der Waals surface area contributed by atoms with Crippen molar-refractivity contribution in [3.05, 3.63) is 64.2 Å². The molecular formula is C21H23ClN2O3. The lowest BCUT2D eigenvalue weighted by Crippen LogP contribution is -2.54. The van der Waals surface area contributed by atoms with Crippen LogP contribution in [-0.4, -0.2) is 60.3 Å². The third-order valence-electron chi connectivity index (χ3n) is 5.35. The number of aliphatic hydroxyl groups excluding tert-OH is 1. The lowest BCUT2D eigenvalue weighted by atomic mass is 9.88. The molecule has 5 nitrogen and oxygen atoms in total. The molecule has 2 heterocycles. The van der Waals surface area contributed by atoms with Crippen LogP contribution in [0.2, 0.25) is 5.02 Å². The third kappa shape index (κ3) is 3.81. The summed E-state index contributed by atoms with van der Waals surface area (Å²) in [7, 11) is 2.12. The Morgan fingerprint density at radius 1 is 1.19 bits per heavy atom. The number of benzene rings is 2. The van der Waals surface area contributed by atoms with Crippen molar-refractivity contribution in [2.75, 3.05) is 33.2 Å². The number of hydrogen-bond donors (Lipinski definition) is 1. The summed E-state index contributed by atoms with van der Waals surface area (Å²) in [5.41, 5.74) is 3.58. The molecule has 0 aliphatic carbocycles. The van der Waals surface area contributed by atoms with E-state index in [1.165, 1.54) is 16.0 Å². The minimum absolute atomic E-state index is 0.189. The fourth-order valence-electron chi connectivity index (χ4n) is 3.78. The zero-order valence-electron chi connectivity index (χ0n) is 15.3. The van der Waals surface area contributed by atoms with Crippen LogP contribution in [0, 0.1) is 0 Å². The quantitative estimate of drug-likeness (QED) is 0.861. The standard InChI is InChI=1S/C21H23ClN2O3/c1-23-8-7-15-9-19(22)20(27-21(26)24-11-16(25)12-24)10-17(15)18(13-23)14-5-3-2-4-6-14/h2-6,9-10,16,18,25H,7-8,11-13H2,1H3/t18-/m0/s1. The molecule has 0 saturated carbocycles. The fourth-order valence-corrected chi connectivity index (χ4v) is 4.00. The van der Waals surface area contributed by atoms with Gasteiger partial charge >= 0.3 is 6.09 Å². The van der Waals surface area contributed by atoms with Gasteiger partial charge in [-0.15, -0.1) is 0 Å². The molecule has 4 rings (SSSR count). The average Bonchev–Trinajstić information content (AvgIpc) is 2.79. The predicted octanol–water partition coefficient (Wildman–Crippen LogP) is 3.14. The Hall–Kier alpha value is -2.08. The summed E-state index contributed by atoms with van der Waals surface area (Å²) in [6, 6.07) is 14.2. The summed E-state index contributed by atoms with van der Waals surface area (Å²) >= 11 is 6.42. The number of likely N-dealkylation sites (tertiary alicyclic amines) is 1. The summed E-state index contributed by atoms with van der Waals surface area (Å²) in [6.45, 7) is 2.46. The normalized spacial score (nSPS) is 20.6. The maximum atomic E-state index is 12.3. The summed E-state index contributed by atoms with van der Waals surface area (Å²) in [5, 5.41) is 9.83. The molecule has 0 aromatic heterocycles. The van der Waals surface area contributed by atoms with Crippen LogP contribution in [0.15, 0.2) is 42.5 Å². The number of β-amino-alcohol motifs (C(OH)–C–C–N with tert-alkyl or cyclic N) is 1. The Morgan fingerprint density at radius 2 is 1.93 bits per heavy atom. The Kier molecular flexibility index (Phi) is 5.08. The van der Waals surface area contributed by atoms with Crippen LogP contribution in [0.1, 0.15) is 22.6 Å². The number of fused-ring (bicyclic) bond motifs is 1. The van der Waals surface area contributed by atoms with Gasteiger partial charge in [-0.1, -0.05) is 41.9 Å². The fraction of sp³-hybridized carbons (Fsp3) is 0.381. The second-order valence-electron chi connectivity index (χ2n) is 7.38. The molecule has 0 spiro atoms. The molecule has 1 saturated heterocycles. The zero-order valence-corrected chi connectivity index (χ0v) is 16.0. The van der Waals surface area contributed by atoms with E-state index in [0.29, 0.717) is 23.9 Å². The Balaban J connectivity index is 1.67. The van der Waals surface area contributed by atoms with Crippen molar-refractivity contribution in [3.8, 4) is 5.75 Å². The molecule has 0 radical (unpaired) electrons. The summed E-state index contributed by atoms with van der Waals surface area (Å²) in [5.74, 6) is 0.571. The first-order valence-corrected chi connectivity index (χ1v) is 9.59. The van der Waals surface area contributed by atoms with Gasteiger partial charge in [0.25, 0.3) is 0 Å². The molecular weight excluding hydrogens is 364 g/mol. The largest absolute Gasteiger partial charge is 0.415 e. The van der Waals surface area contributed by atoms with Crippen molar-refractivity contribution in [1.29, 1.82) is 0 Å². The number of nitrogens with zero attached hydrogens (tertiary/aromatic N) is 2. The van der Waals surface area contributed by atoms with Crippen LogP contribution in [0.4, 0.5) is 4.79 Å². The number of carbonyl (C=O) groups excluding carboxylic acids is 1. The van der Waals surface area contributed by atoms with E-state index >= 15 is 0 Å². The number of amides is 1. The smallest absolute Gasteiger partial charge is 0.409 e. The minimum atomic E-state index is -0.468. The Bertz CT molecular complexity index is 837. The van der Waals surface area contributed by atoms with Crippen LogP contribution >= 0.6 is 11.6 Å². The zero-order chi connectivity index (χ0) is 19.0. The van der Waals surface area contributed by atoms with E-state index in [0.717, 1.165) is 25.1 Å². The number of ether oxygens (including phenoxy) is 1. The van der Waals surface area contributed by atoms with Gasteiger partial charge in [-0.2, -0.15) is 0 Å². The first-order chi connectivity index (χ1) is 13.0. The summed E-state index contributed by atoms with van der Waals surface area (Å²) in [6.07, 6.45) is -0.0243. The van der Waals surface area contributed by atoms with E-state index in [9.17, 15) is 9.90 Å². The molecule has 0 unspecified atom stereocenters. The molecule has 1 N–H and O–H groups in total. The number of hydrogen-bond acceptors (Lipinski definition) is 4. The van der Waals surface area contributed by atoms with E-state index in [2.05, 4.69) is 24.1 Å². The molecule has 1 amide bonds. The third-order valence-corrected chi connectivity index (χ3v) is 5.64. The lowest BCUT2D eigenvalue weighted by molar-refractivity contribution is 0.0127. The lowest BCUT2D eigenvalue weighted by Gasteiger charge is -2.34. The maximum absolute atomic E-state index is 12.3. The highest BCUT2D eigenvalue weighted by atomic mass is 35.5. The molecule has 2 aliphatic rings. The number of rotatable bonds is 2. The van der Waals surface area contributed by atoms with E-state index in [4.69, 9.17) is 16.3 Å². The van der Waals surface area contributed by atoms with Crippen LogP contribution in [-0.2, 0) is 6.42 Å². The highest BCUT2D eigenvalue weighted by Gasteiger charge is 2.31. The Morgan fingerprint density at radius 3 is 2.63 bits per heavy atom. The highest BCUT2D eigenvalue weighted by molar-refractivity contribution is 6.32. The van der Waals surface area contributed by atoms with Gasteiger partial charge in [0.1, 0.15) is 0 Å². The van der Waals surface area contributed by atoms with Gasteiger partial charge in [-0.05, 0) is 42.3 Å². The van der Waals surface area contributed by atoms with Gasteiger partial charge in [-0.3, -0.25) is 0 Å². The van der Waals surface area contributed by atoms with Gasteiger partial charge in [-0.25, -0.2) is 4.79 Å². The second-order valence-corrected chi connectivity index (χ2v) is 7.79. The topological polar surface area (TPSA) is 53.0 Å². The summed E-state index contributed by atoms with van der Waals surface area (Å²) < 4.78 is 5.55. The van der Waals surface area contributed by atoms with Gasteiger partial charge in [0.15, 0.2) is 5.75 Å². The number of likely N-dealkylation sites (N-methyl/N-ethyl adjacent to an activating group) is 1.